The lowest BCUT2D eigenvalue weighted by Crippen LogP contribution is -2.18. The molecular weight excluding hydrogens is 132 g/mol. The third kappa shape index (κ3) is 2.50. The highest BCUT2D eigenvalue weighted by molar-refractivity contribution is 4.74. The quantitative estimate of drug-likeness (QED) is 0.568. The first-order valence-corrected chi connectivity index (χ1v) is 5.03. The smallest absolute Gasteiger partial charge is 0.0388 e. The lowest BCUT2D eigenvalue weighted by molar-refractivity contribution is 0.224. The van der Waals surface area contributed by atoms with Gasteiger partial charge in [0.1, 0.15) is 0 Å². The van der Waals surface area contributed by atoms with Crippen LogP contribution in [0.15, 0.2) is 0 Å². The van der Waals surface area contributed by atoms with Crippen molar-refractivity contribution in [3.05, 3.63) is 6.92 Å². The Hall–Kier alpha value is 0. The molecule has 1 fully saturated rings. The molecule has 0 bridgehead atoms. The number of hydrogen-bond donors (Lipinski definition) is 0. The van der Waals surface area contributed by atoms with Gasteiger partial charge in [-0.3, -0.25) is 0 Å². The minimum absolute atomic E-state index is 0.863. The summed E-state index contributed by atoms with van der Waals surface area (Å²) >= 11 is 0. The highest BCUT2D eigenvalue weighted by Gasteiger charge is 2.21. The molecule has 1 aliphatic rings. The van der Waals surface area contributed by atoms with Crippen molar-refractivity contribution >= 4 is 0 Å². The molecular formula is C11H21. The van der Waals surface area contributed by atoms with Gasteiger partial charge >= 0.3 is 0 Å². The summed E-state index contributed by atoms with van der Waals surface area (Å²) in [6, 6.07) is 0. The summed E-state index contributed by atoms with van der Waals surface area (Å²) in [4.78, 5) is 0. The van der Waals surface area contributed by atoms with Crippen molar-refractivity contribution in [3.63, 3.8) is 0 Å². The zero-order valence-electron chi connectivity index (χ0n) is 7.97. The molecule has 1 atom stereocenters. The van der Waals surface area contributed by atoms with Gasteiger partial charge in [-0.15, -0.1) is 0 Å². The van der Waals surface area contributed by atoms with Gasteiger partial charge in [0.15, 0.2) is 0 Å². The fraction of sp³-hybridized carbons (Fsp3) is 0.909. The van der Waals surface area contributed by atoms with Crippen LogP contribution in [0.5, 0.6) is 0 Å². The Morgan fingerprint density at radius 1 is 1.27 bits per heavy atom. The predicted molar refractivity (Wildman–Crippen MR) is 50.3 cm³/mol. The summed E-state index contributed by atoms with van der Waals surface area (Å²) in [7, 11) is 0. The van der Waals surface area contributed by atoms with Crippen LogP contribution in [-0.4, -0.2) is 0 Å². The maximum absolute atomic E-state index is 3.98. The van der Waals surface area contributed by atoms with Gasteiger partial charge in [0.2, 0.25) is 0 Å². The molecule has 0 heteroatoms. The second-order valence-corrected chi connectivity index (χ2v) is 4.29. The van der Waals surface area contributed by atoms with E-state index in [1.54, 1.807) is 0 Å². The Morgan fingerprint density at radius 3 is 2.27 bits per heavy atom. The SMILES string of the molecule is [CH2]CC(C)C1CCC(C)CC1. The van der Waals surface area contributed by atoms with Crippen LogP contribution in [0.4, 0.5) is 0 Å². The van der Waals surface area contributed by atoms with Gasteiger partial charge in [0.25, 0.3) is 0 Å². The van der Waals surface area contributed by atoms with Gasteiger partial charge in [-0.05, 0) is 30.6 Å². The third-order valence-electron chi connectivity index (χ3n) is 3.32. The van der Waals surface area contributed by atoms with Crippen molar-refractivity contribution < 1.29 is 0 Å². The Labute approximate surface area is 71.4 Å². The first-order chi connectivity index (χ1) is 5.24. The first-order valence-electron chi connectivity index (χ1n) is 5.03. The molecule has 0 amide bonds. The second-order valence-electron chi connectivity index (χ2n) is 4.29. The highest BCUT2D eigenvalue weighted by atomic mass is 14.3. The molecule has 65 valence electrons. The van der Waals surface area contributed by atoms with Crippen molar-refractivity contribution in [2.45, 2.75) is 46.0 Å². The second kappa shape index (κ2) is 4.13. The summed E-state index contributed by atoms with van der Waals surface area (Å²) < 4.78 is 0. The maximum atomic E-state index is 3.98. The molecule has 0 aliphatic heterocycles. The summed E-state index contributed by atoms with van der Waals surface area (Å²) in [6.45, 7) is 8.71. The van der Waals surface area contributed by atoms with Gasteiger partial charge in [0.05, 0.1) is 0 Å². The van der Waals surface area contributed by atoms with Crippen LogP contribution in [0.3, 0.4) is 0 Å². The normalized spacial score (nSPS) is 35.2. The van der Waals surface area contributed by atoms with Crippen molar-refractivity contribution in [1.29, 1.82) is 0 Å². The lowest BCUT2D eigenvalue weighted by Gasteiger charge is -2.30. The largest absolute Gasteiger partial charge is 0.0625 e. The van der Waals surface area contributed by atoms with E-state index in [1.165, 1.54) is 25.7 Å². The third-order valence-corrected chi connectivity index (χ3v) is 3.32. The van der Waals surface area contributed by atoms with Crippen molar-refractivity contribution in [2.24, 2.45) is 17.8 Å². The van der Waals surface area contributed by atoms with E-state index in [0.29, 0.717) is 0 Å². The number of rotatable bonds is 2. The van der Waals surface area contributed by atoms with Crippen LogP contribution in [-0.2, 0) is 0 Å². The molecule has 0 aromatic carbocycles. The van der Waals surface area contributed by atoms with E-state index in [-0.39, 0.29) is 0 Å². The van der Waals surface area contributed by atoms with Crippen molar-refractivity contribution in [1.82, 2.24) is 0 Å². The molecule has 1 aliphatic carbocycles. The minimum atomic E-state index is 0.863. The molecule has 1 saturated carbocycles. The van der Waals surface area contributed by atoms with Gasteiger partial charge in [-0.25, -0.2) is 0 Å². The fourth-order valence-corrected chi connectivity index (χ4v) is 2.09. The first kappa shape index (κ1) is 9.09. The zero-order valence-corrected chi connectivity index (χ0v) is 7.97. The Morgan fingerprint density at radius 2 is 1.82 bits per heavy atom. The van der Waals surface area contributed by atoms with E-state index in [1.807, 2.05) is 0 Å². The van der Waals surface area contributed by atoms with Crippen molar-refractivity contribution in [2.75, 3.05) is 0 Å². The molecule has 0 saturated heterocycles. The maximum Gasteiger partial charge on any atom is -0.0388 e. The van der Waals surface area contributed by atoms with Crippen molar-refractivity contribution in [3.8, 4) is 0 Å². The summed E-state index contributed by atoms with van der Waals surface area (Å²) in [5.41, 5.74) is 0. The monoisotopic (exact) mass is 153 g/mol. The molecule has 0 aromatic rings. The standard InChI is InChI=1S/C11H21/c1-4-10(3)11-7-5-9(2)6-8-11/h9-11H,1,4-8H2,2-3H3. The molecule has 1 radical (unpaired) electrons. The van der Waals surface area contributed by atoms with E-state index in [0.717, 1.165) is 24.2 Å². The Kier molecular flexibility index (Phi) is 3.42. The topological polar surface area (TPSA) is 0 Å². The van der Waals surface area contributed by atoms with E-state index in [9.17, 15) is 0 Å². The van der Waals surface area contributed by atoms with Crippen LogP contribution in [0.25, 0.3) is 0 Å². The molecule has 1 unspecified atom stereocenters. The number of hydrogen-bond acceptors (Lipinski definition) is 0. The molecule has 0 spiro atoms. The molecule has 0 N–H and O–H groups in total. The van der Waals surface area contributed by atoms with E-state index in [2.05, 4.69) is 20.8 Å². The fourth-order valence-electron chi connectivity index (χ4n) is 2.09. The molecule has 0 heterocycles. The van der Waals surface area contributed by atoms with E-state index >= 15 is 0 Å². The van der Waals surface area contributed by atoms with Crippen LogP contribution < -0.4 is 0 Å². The lowest BCUT2D eigenvalue weighted by atomic mass is 9.76. The Balaban J connectivity index is 2.27. The van der Waals surface area contributed by atoms with Crippen LogP contribution in [0.1, 0.15) is 46.0 Å². The zero-order chi connectivity index (χ0) is 8.27. The summed E-state index contributed by atoms with van der Waals surface area (Å²) in [6.07, 6.45) is 6.94. The van der Waals surface area contributed by atoms with Gasteiger partial charge in [-0.1, -0.05) is 40.0 Å². The predicted octanol–water partition coefficient (Wildman–Crippen LogP) is 3.67. The van der Waals surface area contributed by atoms with Gasteiger partial charge < -0.3 is 0 Å². The molecule has 11 heavy (non-hydrogen) atoms. The molecule has 0 nitrogen and oxygen atoms in total. The summed E-state index contributed by atoms with van der Waals surface area (Å²) in [5.74, 6) is 2.84. The highest BCUT2D eigenvalue weighted by Crippen LogP contribution is 2.33. The Bertz CT molecular complexity index is 98.6. The van der Waals surface area contributed by atoms with Crippen LogP contribution >= 0.6 is 0 Å². The van der Waals surface area contributed by atoms with E-state index < -0.39 is 0 Å². The summed E-state index contributed by atoms with van der Waals surface area (Å²) in [5, 5.41) is 0. The van der Waals surface area contributed by atoms with Gasteiger partial charge in [0, 0.05) is 0 Å². The average Bonchev–Trinajstić information content (AvgIpc) is 2.05. The average molecular weight is 153 g/mol. The van der Waals surface area contributed by atoms with Crippen LogP contribution in [0, 0.1) is 24.7 Å². The molecule has 0 aromatic heterocycles. The van der Waals surface area contributed by atoms with Gasteiger partial charge in [-0.2, -0.15) is 0 Å². The van der Waals surface area contributed by atoms with Crippen LogP contribution in [0.2, 0.25) is 0 Å². The molecule has 1 rings (SSSR count). The van der Waals surface area contributed by atoms with E-state index in [4.69, 9.17) is 0 Å². The minimum Gasteiger partial charge on any atom is -0.0625 e.